The second-order valence-corrected chi connectivity index (χ2v) is 8.04. The van der Waals surface area contributed by atoms with Crippen molar-refractivity contribution in [1.29, 1.82) is 0 Å². The Morgan fingerprint density at radius 1 is 1.08 bits per heavy atom. The summed E-state index contributed by atoms with van der Waals surface area (Å²) in [6.07, 6.45) is 1.04. The van der Waals surface area contributed by atoms with Crippen molar-refractivity contribution in [3.05, 3.63) is 65.2 Å². The largest absolute Gasteiger partial charge is 0.332 e. The van der Waals surface area contributed by atoms with Crippen LogP contribution in [0.15, 0.2) is 48.5 Å². The number of para-hydroxylation sites is 1. The van der Waals surface area contributed by atoms with Gasteiger partial charge in [0.1, 0.15) is 0 Å². The predicted octanol–water partition coefficient (Wildman–Crippen LogP) is 5.62. The van der Waals surface area contributed by atoms with Crippen LogP contribution in [-0.4, -0.2) is 11.0 Å². The van der Waals surface area contributed by atoms with Crippen molar-refractivity contribution in [2.45, 2.75) is 52.4 Å². The summed E-state index contributed by atoms with van der Waals surface area (Å²) < 4.78 is 0. The maximum atomic E-state index is 12.4. The summed E-state index contributed by atoms with van der Waals surface area (Å²) in [6, 6.07) is 15.7. The Morgan fingerprint density at radius 2 is 1.69 bits per heavy atom. The molecule has 0 aromatic heterocycles. The van der Waals surface area contributed by atoms with E-state index >= 15 is 0 Å². The third kappa shape index (κ3) is 5.15. The van der Waals surface area contributed by atoms with E-state index < -0.39 is 0 Å². The van der Waals surface area contributed by atoms with E-state index in [-0.39, 0.29) is 11.3 Å². The third-order valence-electron chi connectivity index (χ3n) is 4.59. The molecule has 0 bridgehead atoms. The predicted molar refractivity (Wildman–Crippen MR) is 114 cm³/mol. The second kappa shape index (κ2) is 8.45. The lowest BCUT2D eigenvalue weighted by atomic mass is 9.87. The highest BCUT2D eigenvalue weighted by Gasteiger charge is 2.15. The molecule has 2 aromatic rings. The molecule has 0 saturated heterocycles. The van der Waals surface area contributed by atoms with Gasteiger partial charge in [0, 0.05) is 11.3 Å². The first-order chi connectivity index (χ1) is 12.2. The van der Waals surface area contributed by atoms with Gasteiger partial charge >= 0.3 is 0 Å². The van der Waals surface area contributed by atoms with Gasteiger partial charge in [-0.1, -0.05) is 65.0 Å². The number of rotatable bonds is 4. The highest BCUT2D eigenvalue weighted by molar-refractivity contribution is 7.80. The van der Waals surface area contributed by atoms with Gasteiger partial charge in [-0.05, 0) is 59.3 Å². The van der Waals surface area contributed by atoms with Crippen molar-refractivity contribution >= 4 is 28.9 Å². The zero-order chi connectivity index (χ0) is 19.3. The fourth-order valence-electron chi connectivity index (χ4n) is 2.71. The van der Waals surface area contributed by atoms with Crippen LogP contribution < -0.4 is 10.6 Å². The van der Waals surface area contributed by atoms with Gasteiger partial charge in [-0.2, -0.15) is 0 Å². The van der Waals surface area contributed by atoms with Crippen LogP contribution in [0.5, 0.6) is 0 Å². The molecule has 0 fully saturated rings. The number of hydrogen-bond donors (Lipinski definition) is 2. The number of carbonyl (C=O) groups is 1. The van der Waals surface area contributed by atoms with Crippen LogP contribution in [0.4, 0.5) is 5.69 Å². The fourth-order valence-corrected chi connectivity index (χ4v) is 2.91. The molecule has 0 aliphatic carbocycles. The smallest absolute Gasteiger partial charge is 0.257 e. The Balaban J connectivity index is 2.05. The minimum atomic E-state index is -0.205. The molecule has 0 heterocycles. The molecule has 2 rings (SSSR count). The lowest BCUT2D eigenvalue weighted by Crippen LogP contribution is -2.34. The molecule has 0 unspecified atom stereocenters. The van der Waals surface area contributed by atoms with Crippen molar-refractivity contribution in [2.75, 3.05) is 5.32 Å². The Morgan fingerprint density at radius 3 is 2.27 bits per heavy atom. The summed E-state index contributed by atoms with van der Waals surface area (Å²) in [5.74, 6) is 0.214. The van der Waals surface area contributed by atoms with E-state index in [2.05, 4.69) is 51.3 Å². The van der Waals surface area contributed by atoms with Crippen molar-refractivity contribution < 1.29 is 4.79 Å². The zero-order valence-corrected chi connectivity index (χ0v) is 17.0. The minimum Gasteiger partial charge on any atom is -0.332 e. The summed E-state index contributed by atoms with van der Waals surface area (Å²) in [5.41, 5.74) is 3.98. The quantitative estimate of drug-likeness (QED) is 0.688. The van der Waals surface area contributed by atoms with Crippen molar-refractivity contribution in [1.82, 2.24) is 5.32 Å². The first-order valence-electron chi connectivity index (χ1n) is 9.04. The van der Waals surface area contributed by atoms with Gasteiger partial charge in [-0.15, -0.1) is 0 Å². The van der Waals surface area contributed by atoms with Gasteiger partial charge in [-0.3, -0.25) is 10.1 Å². The van der Waals surface area contributed by atoms with E-state index in [4.69, 9.17) is 12.2 Å². The molecule has 26 heavy (non-hydrogen) atoms. The molecule has 2 N–H and O–H groups in total. The SMILES string of the molecule is CC[C@H](C)c1ccccc1NC(=S)NC(=O)c1ccc(C(C)(C)C)cc1. The topological polar surface area (TPSA) is 41.1 Å². The van der Waals surface area contributed by atoms with Crippen LogP contribution >= 0.6 is 12.2 Å². The van der Waals surface area contributed by atoms with Gasteiger partial charge in [0.15, 0.2) is 5.11 Å². The van der Waals surface area contributed by atoms with Crippen LogP contribution in [0, 0.1) is 0 Å². The molecule has 0 spiro atoms. The first kappa shape index (κ1) is 20.1. The highest BCUT2D eigenvalue weighted by Crippen LogP contribution is 2.26. The van der Waals surface area contributed by atoms with E-state index in [0.717, 1.165) is 12.1 Å². The monoisotopic (exact) mass is 368 g/mol. The zero-order valence-electron chi connectivity index (χ0n) is 16.2. The summed E-state index contributed by atoms with van der Waals surface area (Å²) in [5, 5.41) is 6.24. The first-order valence-corrected chi connectivity index (χ1v) is 9.45. The van der Waals surface area contributed by atoms with Crippen molar-refractivity contribution in [2.24, 2.45) is 0 Å². The van der Waals surface area contributed by atoms with Crippen LogP contribution in [0.3, 0.4) is 0 Å². The number of amides is 1. The van der Waals surface area contributed by atoms with E-state index in [1.165, 1.54) is 11.1 Å². The lowest BCUT2D eigenvalue weighted by Gasteiger charge is -2.19. The number of carbonyl (C=O) groups excluding carboxylic acids is 1. The van der Waals surface area contributed by atoms with E-state index in [9.17, 15) is 4.79 Å². The molecule has 3 nitrogen and oxygen atoms in total. The molecular formula is C22H28N2OS. The number of thiocarbonyl (C=S) groups is 1. The maximum absolute atomic E-state index is 12.4. The Labute approximate surface area is 162 Å². The molecular weight excluding hydrogens is 340 g/mol. The molecule has 1 amide bonds. The third-order valence-corrected chi connectivity index (χ3v) is 4.80. The van der Waals surface area contributed by atoms with Crippen LogP contribution in [0.25, 0.3) is 0 Å². The Kier molecular flexibility index (Phi) is 6.54. The van der Waals surface area contributed by atoms with E-state index in [1.807, 2.05) is 42.5 Å². The minimum absolute atomic E-state index is 0.0611. The van der Waals surface area contributed by atoms with Gasteiger partial charge in [-0.25, -0.2) is 0 Å². The van der Waals surface area contributed by atoms with Crippen molar-refractivity contribution in [3.63, 3.8) is 0 Å². The molecule has 0 aliphatic heterocycles. The number of nitrogens with one attached hydrogen (secondary N) is 2. The van der Waals surface area contributed by atoms with Crippen molar-refractivity contribution in [3.8, 4) is 0 Å². The molecule has 0 aliphatic rings. The maximum Gasteiger partial charge on any atom is 0.257 e. The normalized spacial score (nSPS) is 12.3. The van der Waals surface area contributed by atoms with Gasteiger partial charge in [0.25, 0.3) is 5.91 Å². The molecule has 4 heteroatoms. The summed E-state index contributed by atoms with van der Waals surface area (Å²) >= 11 is 5.34. The average molecular weight is 369 g/mol. The fraction of sp³-hybridized carbons (Fsp3) is 0.364. The summed E-state index contributed by atoms with van der Waals surface area (Å²) in [7, 11) is 0. The molecule has 0 radical (unpaired) electrons. The summed E-state index contributed by atoms with van der Waals surface area (Å²) in [4.78, 5) is 12.4. The van der Waals surface area contributed by atoms with Gasteiger partial charge < -0.3 is 5.32 Å². The van der Waals surface area contributed by atoms with E-state index in [1.54, 1.807) is 0 Å². The second-order valence-electron chi connectivity index (χ2n) is 7.63. The van der Waals surface area contributed by atoms with Crippen LogP contribution in [0.1, 0.15) is 68.4 Å². The molecule has 138 valence electrons. The van der Waals surface area contributed by atoms with Crippen LogP contribution in [-0.2, 0) is 5.41 Å². The molecule has 0 saturated carbocycles. The van der Waals surface area contributed by atoms with Crippen LogP contribution in [0.2, 0.25) is 0 Å². The van der Waals surface area contributed by atoms with E-state index in [0.29, 0.717) is 16.6 Å². The summed E-state index contributed by atoms with van der Waals surface area (Å²) in [6.45, 7) is 10.8. The molecule has 2 aromatic carbocycles. The highest BCUT2D eigenvalue weighted by atomic mass is 32.1. The Bertz CT molecular complexity index is 775. The van der Waals surface area contributed by atoms with Gasteiger partial charge in [0.2, 0.25) is 0 Å². The van der Waals surface area contributed by atoms with Gasteiger partial charge in [0.05, 0.1) is 0 Å². The average Bonchev–Trinajstić information content (AvgIpc) is 2.60. The lowest BCUT2D eigenvalue weighted by molar-refractivity contribution is 0.0977. The number of anilines is 1. The standard InChI is InChI=1S/C22H28N2OS/c1-6-15(2)18-9-7-8-10-19(18)23-21(26)24-20(25)16-11-13-17(14-12-16)22(3,4)5/h7-15H,6H2,1-5H3,(H2,23,24,25,26)/t15-/m0/s1. The number of hydrogen-bond acceptors (Lipinski definition) is 2. The molecule has 1 atom stereocenters. The Hall–Kier alpha value is -2.20. The number of benzene rings is 2.